The number of rotatable bonds is 7. The Morgan fingerprint density at radius 3 is 2.56 bits per heavy atom. The van der Waals surface area contributed by atoms with E-state index in [0.29, 0.717) is 17.9 Å². The molecule has 0 aliphatic carbocycles. The van der Waals surface area contributed by atoms with Gasteiger partial charge in [0, 0.05) is 12.5 Å². The van der Waals surface area contributed by atoms with Crippen LogP contribution < -0.4 is 5.32 Å². The van der Waals surface area contributed by atoms with Crippen LogP contribution in [0.2, 0.25) is 0 Å². The lowest BCUT2D eigenvalue weighted by Crippen LogP contribution is -2.39. The van der Waals surface area contributed by atoms with Gasteiger partial charge < -0.3 is 9.73 Å². The minimum atomic E-state index is 0.520. The second-order valence-corrected chi connectivity index (χ2v) is 4.95. The van der Waals surface area contributed by atoms with Gasteiger partial charge >= 0.3 is 0 Å². The minimum absolute atomic E-state index is 0.520. The van der Waals surface area contributed by atoms with E-state index < -0.39 is 0 Å². The predicted molar refractivity (Wildman–Crippen MR) is 68.5 cm³/mol. The second-order valence-electron chi connectivity index (χ2n) is 4.95. The van der Waals surface area contributed by atoms with Crippen LogP contribution in [0.15, 0.2) is 22.8 Å². The van der Waals surface area contributed by atoms with Crippen molar-refractivity contribution in [2.45, 2.75) is 46.6 Å². The molecule has 2 atom stereocenters. The quantitative estimate of drug-likeness (QED) is 0.765. The summed E-state index contributed by atoms with van der Waals surface area (Å²) in [5, 5.41) is 3.63. The van der Waals surface area contributed by atoms with Gasteiger partial charge in [0.2, 0.25) is 0 Å². The Labute approximate surface area is 99.4 Å². The molecule has 2 heteroatoms. The lowest BCUT2D eigenvalue weighted by molar-refractivity contribution is 0.285. The summed E-state index contributed by atoms with van der Waals surface area (Å²) < 4.78 is 5.43. The van der Waals surface area contributed by atoms with Gasteiger partial charge in [-0.2, -0.15) is 0 Å². The fourth-order valence-electron chi connectivity index (χ4n) is 1.88. The van der Waals surface area contributed by atoms with Crippen molar-refractivity contribution in [3.05, 3.63) is 24.2 Å². The van der Waals surface area contributed by atoms with E-state index in [1.54, 1.807) is 6.26 Å². The Bertz CT molecular complexity index is 266. The minimum Gasteiger partial charge on any atom is -0.469 e. The van der Waals surface area contributed by atoms with E-state index in [1.807, 2.05) is 6.07 Å². The zero-order valence-electron chi connectivity index (χ0n) is 11.0. The zero-order valence-corrected chi connectivity index (χ0v) is 11.0. The third-order valence-electron chi connectivity index (χ3n) is 3.34. The Hall–Kier alpha value is -0.760. The van der Waals surface area contributed by atoms with Gasteiger partial charge in [-0.25, -0.2) is 0 Å². The van der Waals surface area contributed by atoms with Crippen molar-refractivity contribution in [1.82, 2.24) is 5.32 Å². The first-order chi connectivity index (χ1) is 7.65. The topological polar surface area (TPSA) is 25.2 Å². The molecule has 1 heterocycles. The van der Waals surface area contributed by atoms with Crippen molar-refractivity contribution in [1.29, 1.82) is 0 Å². The van der Waals surface area contributed by atoms with E-state index in [9.17, 15) is 0 Å². The highest BCUT2D eigenvalue weighted by atomic mass is 16.3. The maximum absolute atomic E-state index is 5.43. The summed E-state index contributed by atoms with van der Waals surface area (Å²) >= 11 is 0. The molecule has 0 saturated carbocycles. The normalized spacial score (nSPS) is 15.3. The van der Waals surface area contributed by atoms with Crippen LogP contribution >= 0.6 is 0 Å². The molecule has 0 saturated heterocycles. The summed E-state index contributed by atoms with van der Waals surface area (Å²) in [7, 11) is 0. The molecule has 2 unspecified atom stereocenters. The number of furan rings is 1. The fraction of sp³-hybridized carbons (Fsp3) is 0.714. The highest BCUT2D eigenvalue weighted by Gasteiger charge is 2.20. The molecule has 0 radical (unpaired) electrons. The maximum atomic E-state index is 5.43. The van der Waals surface area contributed by atoms with Crippen molar-refractivity contribution in [2.24, 2.45) is 11.8 Å². The van der Waals surface area contributed by atoms with Gasteiger partial charge in [0.15, 0.2) is 0 Å². The average Bonchev–Trinajstić information content (AvgIpc) is 2.75. The van der Waals surface area contributed by atoms with Crippen LogP contribution in [-0.4, -0.2) is 12.6 Å². The van der Waals surface area contributed by atoms with Crippen LogP contribution in [0.5, 0.6) is 0 Å². The molecule has 1 rings (SSSR count). The van der Waals surface area contributed by atoms with Crippen molar-refractivity contribution < 1.29 is 4.42 Å². The molecular formula is C14H25NO. The van der Waals surface area contributed by atoms with Crippen molar-refractivity contribution in [3.63, 3.8) is 0 Å². The Balaban J connectivity index is 2.56. The third-order valence-corrected chi connectivity index (χ3v) is 3.34. The molecule has 0 aliphatic heterocycles. The van der Waals surface area contributed by atoms with Gasteiger partial charge in [0.25, 0.3) is 0 Å². The van der Waals surface area contributed by atoms with E-state index >= 15 is 0 Å². The molecule has 1 aromatic heterocycles. The summed E-state index contributed by atoms with van der Waals surface area (Å²) in [4.78, 5) is 0. The van der Waals surface area contributed by atoms with E-state index in [4.69, 9.17) is 4.42 Å². The smallest absolute Gasteiger partial charge is 0.105 e. The van der Waals surface area contributed by atoms with Crippen LogP contribution in [-0.2, 0) is 6.42 Å². The molecule has 0 aromatic carbocycles. The summed E-state index contributed by atoms with van der Waals surface area (Å²) in [5.41, 5.74) is 0. The summed E-state index contributed by atoms with van der Waals surface area (Å²) in [5.74, 6) is 2.45. The number of hydrogen-bond acceptors (Lipinski definition) is 2. The number of hydrogen-bond donors (Lipinski definition) is 1. The number of nitrogens with one attached hydrogen (secondary N) is 1. The maximum Gasteiger partial charge on any atom is 0.105 e. The first-order valence-corrected chi connectivity index (χ1v) is 6.41. The lowest BCUT2D eigenvalue weighted by atomic mass is 9.88. The molecule has 0 amide bonds. The third kappa shape index (κ3) is 4.01. The Kier molecular flexibility index (Phi) is 5.61. The van der Waals surface area contributed by atoms with E-state index in [0.717, 1.165) is 18.7 Å². The monoisotopic (exact) mass is 223 g/mol. The second kappa shape index (κ2) is 6.74. The molecule has 1 N–H and O–H groups in total. The van der Waals surface area contributed by atoms with E-state index in [-0.39, 0.29) is 0 Å². The molecule has 16 heavy (non-hydrogen) atoms. The summed E-state index contributed by atoms with van der Waals surface area (Å²) in [6.45, 7) is 10.2. The standard InChI is InChI=1S/C14H25NO/c1-5-8-15-14(12(4)11(2)3)10-13-7-6-9-16-13/h6-7,9,11-12,14-15H,5,8,10H2,1-4H3. The van der Waals surface area contributed by atoms with Crippen molar-refractivity contribution in [2.75, 3.05) is 6.54 Å². The van der Waals surface area contributed by atoms with Crippen LogP contribution in [0.25, 0.3) is 0 Å². The van der Waals surface area contributed by atoms with Gasteiger partial charge in [-0.3, -0.25) is 0 Å². The van der Waals surface area contributed by atoms with Crippen molar-refractivity contribution >= 4 is 0 Å². The van der Waals surface area contributed by atoms with Gasteiger partial charge in [-0.05, 0) is 36.9 Å². The van der Waals surface area contributed by atoms with Gasteiger partial charge in [-0.15, -0.1) is 0 Å². The zero-order chi connectivity index (χ0) is 12.0. The first kappa shape index (κ1) is 13.3. The fourth-order valence-corrected chi connectivity index (χ4v) is 1.88. The van der Waals surface area contributed by atoms with Gasteiger partial charge in [-0.1, -0.05) is 27.7 Å². The highest BCUT2D eigenvalue weighted by molar-refractivity contribution is 5.01. The summed E-state index contributed by atoms with van der Waals surface area (Å²) in [6.07, 6.45) is 3.93. The average molecular weight is 223 g/mol. The van der Waals surface area contributed by atoms with Crippen LogP contribution in [0, 0.1) is 11.8 Å². The molecule has 0 bridgehead atoms. The molecule has 92 valence electrons. The molecule has 0 aliphatic rings. The predicted octanol–water partition coefficient (Wildman–Crippen LogP) is 3.48. The van der Waals surface area contributed by atoms with Gasteiger partial charge in [0.05, 0.1) is 6.26 Å². The van der Waals surface area contributed by atoms with Gasteiger partial charge in [0.1, 0.15) is 5.76 Å². The van der Waals surface area contributed by atoms with Crippen LogP contribution in [0.3, 0.4) is 0 Å². The van der Waals surface area contributed by atoms with Crippen molar-refractivity contribution in [3.8, 4) is 0 Å². The molecule has 1 aromatic rings. The SMILES string of the molecule is CCCNC(Cc1ccco1)C(C)C(C)C. The van der Waals surface area contributed by atoms with Crippen LogP contribution in [0.4, 0.5) is 0 Å². The largest absolute Gasteiger partial charge is 0.469 e. The Morgan fingerprint density at radius 1 is 1.31 bits per heavy atom. The lowest BCUT2D eigenvalue weighted by Gasteiger charge is -2.27. The first-order valence-electron chi connectivity index (χ1n) is 6.41. The van der Waals surface area contributed by atoms with Crippen LogP contribution in [0.1, 0.15) is 39.9 Å². The highest BCUT2D eigenvalue weighted by Crippen LogP contribution is 2.18. The molecular weight excluding hydrogens is 198 g/mol. The summed E-state index contributed by atoms with van der Waals surface area (Å²) in [6, 6.07) is 4.55. The molecule has 0 spiro atoms. The van der Waals surface area contributed by atoms with E-state index in [1.165, 1.54) is 6.42 Å². The van der Waals surface area contributed by atoms with E-state index in [2.05, 4.69) is 39.1 Å². The Morgan fingerprint density at radius 2 is 2.06 bits per heavy atom. The molecule has 2 nitrogen and oxygen atoms in total. The molecule has 0 fully saturated rings.